The van der Waals surface area contributed by atoms with Gasteiger partial charge in [0.2, 0.25) is 10.0 Å². The fraction of sp³-hybridized carbons (Fsp3) is 0.700. The Morgan fingerprint density at radius 3 is 2.47 bits per heavy atom. The second-order valence-corrected chi connectivity index (χ2v) is 6.43. The minimum absolute atomic E-state index is 0.349. The maximum atomic E-state index is 12.3. The molecule has 0 radical (unpaired) electrons. The molecule has 0 aromatic heterocycles. The Morgan fingerprint density at radius 1 is 1.32 bits per heavy atom. The monoisotopic (exact) mass is 288 g/mol. The van der Waals surface area contributed by atoms with E-state index in [0.29, 0.717) is 26.2 Å². The first-order valence-corrected chi connectivity index (χ1v) is 7.56. The molecule has 0 aromatic carbocycles. The zero-order valence-electron chi connectivity index (χ0n) is 10.6. The third-order valence-corrected chi connectivity index (χ3v) is 5.34. The summed E-state index contributed by atoms with van der Waals surface area (Å²) in [6, 6.07) is -0.827. The summed E-state index contributed by atoms with van der Waals surface area (Å²) in [4.78, 5) is 27.9. The summed E-state index contributed by atoms with van der Waals surface area (Å²) in [5, 5.41) is 0.498. The van der Waals surface area contributed by atoms with Gasteiger partial charge in [-0.05, 0) is 6.54 Å². The molecule has 1 fully saturated rings. The summed E-state index contributed by atoms with van der Waals surface area (Å²) in [5.74, 6) is -0.835. The number of hydrogen-bond donors (Lipinski definition) is 1. The van der Waals surface area contributed by atoms with Gasteiger partial charge in [0, 0.05) is 32.4 Å². The molecule has 1 N–H and O–H groups in total. The van der Waals surface area contributed by atoms with Gasteiger partial charge in [-0.1, -0.05) is 6.92 Å². The fourth-order valence-corrected chi connectivity index (χ4v) is 3.62. The Bertz CT molecular complexity index is 508. The first kappa shape index (κ1) is 14.1. The van der Waals surface area contributed by atoms with Gasteiger partial charge in [-0.2, -0.15) is 4.31 Å². The van der Waals surface area contributed by atoms with E-state index in [1.807, 2.05) is 12.2 Å². The van der Waals surface area contributed by atoms with E-state index < -0.39 is 27.2 Å². The number of rotatable bonds is 3. The van der Waals surface area contributed by atoms with Crippen LogP contribution in [0.5, 0.6) is 0 Å². The van der Waals surface area contributed by atoms with Gasteiger partial charge in [0.1, 0.15) is 0 Å². The van der Waals surface area contributed by atoms with E-state index in [1.54, 1.807) is 0 Å². The van der Waals surface area contributed by atoms with Gasteiger partial charge >= 0.3 is 6.03 Å². The van der Waals surface area contributed by atoms with Crippen molar-refractivity contribution in [2.24, 2.45) is 4.99 Å². The number of imide groups is 1. The van der Waals surface area contributed by atoms with E-state index >= 15 is 0 Å². The van der Waals surface area contributed by atoms with Crippen LogP contribution < -0.4 is 5.32 Å². The normalized spacial score (nSPS) is 26.5. The quantitative estimate of drug-likeness (QED) is 0.691. The number of nitrogens with one attached hydrogen (secondary N) is 1. The maximum Gasteiger partial charge on any atom is 0.347 e. The molecule has 0 spiro atoms. The largest absolute Gasteiger partial charge is 0.347 e. The van der Waals surface area contributed by atoms with Crippen molar-refractivity contribution >= 4 is 28.2 Å². The zero-order valence-corrected chi connectivity index (χ0v) is 11.4. The summed E-state index contributed by atoms with van der Waals surface area (Å²) < 4.78 is 25.9. The highest BCUT2D eigenvalue weighted by molar-refractivity contribution is 7.91. The van der Waals surface area contributed by atoms with Gasteiger partial charge in [-0.25, -0.2) is 18.2 Å². The molecule has 2 aliphatic rings. The lowest BCUT2D eigenvalue weighted by Crippen LogP contribution is -2.55. The van der Waals surface area contributed by atoms with Crippen molar-refractivity contribution in [3.05, 3.63) is 0 Å². The lowest BCUT2D eigenvalue weighted by atomic mass is 10.4. The van der Waals surface area contributed by atoms with Crippen LogP contribution in [0.3, 0.4) is 0 Å². The molecule has 1 saturated heterocycles. The van der Waals surface area contributed by atoms with Crippen LogP contribution >= 0.6 is 0 Å². The minimum Gasteiger partial charge on any atom is -0.301 e. The number of nitrogens with zero attached hydrogens (tertiary/aromatic N) is 3. The first-order valence-electron chi connectivity index (χ1n) is 6.05. The molecule has 8 nitrogen and oxygen atoms in total. The molecule has 106 valence electrons. The van der Waals surface area contributed by atoms with Crippen molar-refractivity contribution in [3.63, 3.8) is 0 Å². The molecule has 2 aliphatic heterocycles. The number of carbonyl (C=O) groups excluding carboxylic acids is 2. The zero-order chi connectivity index (χ0) is 14.0. The smallest absolute Gasteiger partial charge is 0.301 e. The number of carbonyl (C=O) groups is 2. The number of amides is 3. The predicted octanol–water partition coefficient (Wildman–Crippen LogP) is -1.36. The summed E-state index contributed by atoms with van der Waals surface area (Å²) in [7, 11) is -3.80. The highest BCUT2D eigenvalue weighted by atomic mass is 32.2. The summed E-state index contributed by atoms with van der Waals surface area (Å²) in [6.45, 7) is 4.86. The fourth-order valence-electron chi connectivity index (χ4n) is 2.08. The van der Waals surface area contributed by atoms with E-state index in [4.69, 9.17) is 0 Å². The molecule has 3 amide bonds. The van der Waals surface area contributed by atoms with Gasteiger partial charge in [-0.15, -0.1) is 0 Å². The van der Waals surface area contributed by atoms with Crippen molar-refractivity contribution in [1.82, 2.24) is 14.5 Å². The van der Waals surface area contributed by atoms with Crippen molar-refractivity contribution in [2.45, 2.75) is 12.2 Å². The van der Waals surface area contributed by atoms with Crippen LogP contribution in [0.2, 0.25) is 0 Å². The van der Waals surface area contributed by atoms with Crippen LogP contribution in [0.25, 0.3) is 0 Å². The second-order valence-electron chi connectivity index (χ2n) is 4.37. The molecule has 2 heterocycles. The van der Waals surface area contributed by atoms with Crippen LogP contribution in [-0.2, 0) is 14.8 Å². The van der Waals surface area contributed by atoms with Crippen LogP contribution in [0, 0.1) is 0 Å². The number of sulfonamides is 1. The van der Waals surface area contributed by atoms with E-state index in [2.05, 4.69) is 9.89 Å². The van der Waals surface area contributed by atoms with Gasteiger partial charge < -0.3 is 4.90 Å². The Morgan fingerprint density at radius 2 is 1.95 bits per heavy atom. The molecule has 1 atom stereocenters. The Kier molecular flexibility index (Phi) is 3.97. The van der Waals surface area contributed by atoms with E-state index in [0.717, 1.165) is 12.8 Å². The highest BCUT2D eigenvalue weighted by Gasteiger charge is 2.40. The van der Waals surface area contributed by atoms with Crippen molar-refractivity contribution in [3.8, 4) is 0 Å². The van der Waals surface area contributed by atoms with Crippen LogP contribution in [0.4, 0.5) is 4.79 Å². The molecular formula is C10H16N4O4S. The molecule has 0 saturated carbocycles. The average Bonchev–Trinajstić information content (AvgIpc) is 2.38. The number of hydrogen-bond acceptors (Lipinski definition) is 5. The lowest BCUT2D eigenvalue weighted by Gasteiger charge is -2.34. The summed E-state index contributed by atoms with van der Waals surface area (Å²) in [5.41, 5.74) is 0. The third kappa shape index (κ3) is 2.82. The van der Waals surface area contributed by atoms with Gasteiger partial charge in [0.15, 0.2) is 5.25 Å². The number of aliphatic imine (C=N–C) groups is 1. The third-order valence-electron chi connectivity index (χ3n) is 3.27. The molecule has 2 rings (SSSR count). The van der Waals surface area contributed by atoms with Gasteiger partial charge in [0.05, 0.1) is 0 Å². The lowest BCUT2D eigenvalue weighted by molar-refractivity contribution is -0.118. The topological polar surface area (TPSA) is 99.2 Å². The second kappa shape index (κ2) is 5.35. The van der Waals surface area contributed by atoms with Crippen molar-refractivity contribution in [1.29, 1.82) is 0 Å². The van der Waals surface area contributed by atoms with E-state index in [-0.39, 0.29) is 0 Å². The van der Waals surface area contributed by atoms with Gasteiger partial charge in [0.25, 0.3) is 5.91 Å². The van der Waals surface area contributed by atoms with Crippen molar-refractivity contribution < 1.29 is 18.0 Å². The molecular weight excluding hydrogens is 272 g/mol. The summed E-state index contributed by atoms with van der Waals surface area (Å²) in [6.07, 6.45) is 0.905. The van der Waals surface area contributed by atoms with E-state index in [9.17, 15) is 18.0 Å². The minimum atomic E-state index is -3.80. The average molecular weight is 288 g/mol. The van der Waals surface area contributed by atoms with Gasteiger partial charge in [-0.3, -0.25) is 10.1 Å². The molecule has 0 aliphatic carbocycles. The SMILES string of the molecule is CCN1CCN(S(=O)(=O)C2C=NC(=O)NC2=O)CC1. The number of piperazine rings is 1. The van der Waals surface area contributed by atoms with Crippen LogP contribution in [-0.4, -0.2) is 73.7 Å². The Hall–Kier alpha value is -1.32. The molecule has 9 heteroatoms. The summed E-state index contributed by atoms with van der Waals surface area (Å²) >= 11 is 0. The van der Waals surface area contributed by atoms with Crippen LogP contribution in [0.1, 0.15) is 6.92 Å². The van der Waals surface area contributed by atoms with E-state index in [1.165, 1.54) is 4.31 Å². The number of urea groups is 1. The standard InChI is InChI=1S/C10H16N4O4S/c1-2-13-3-5-14(6-4-13)19(17,18)8-7-11-10(16)12-9(8)15/h7-8H,2-6H2,1H3,(H,12,15,16). The number of likely N-dealkylation sites (N-methyl/N-ethyl adjacent to an activating group) is 1. The predicted molar refractivity (Wildman–Crippen MR) is 68.4 cm³/mol. The first-order chi connectivity index (χ1) is 8.95. The molecule has 0 aromatic rings. The van der Waals surface area contributed by atoms with Crippen molar-refractivity contribution in [2.75, 3.05) is 32.7 Å². The molecule has 0 bridgehead atoms. The Balaban J connectivity index is 2.13. The van der Waals surface area contributed by atoms with Crippen LogP contribution in [0.15, 0.2) is 4.99 Å². The Labute approximate surface area is 111 Å². The molecule has 19 heavy (non-hydrogen) atoms. The highest BCUT2D eigenvalue weighted by Crippen LogP contribution is 2.13. The maximum absolute atomic E-state index is 12.3. The molecule has 1 unspecified atom stereocenters.